The van der Waals surface area contributed by atoms with E-state index in [4.69, 9.17) is 0 Å². The van der Waals surface area contributed by atoms with Gasteiger partial charge in [0.15, 0.2) is 9.84 Å². The fourth-order valence-electron chi connectivity index (χ4n) is 2.45. The summed E-state index contributed by atoms with van der Waals surface area (Å²) in [6.45, 7) is 0.734. The van der Waals surface area contributed by atoms with Gasteiger partial charge in [-0.2, -0.15) is 0 Å². The van der Waals surface area contributed by atoms with Gasteiger partial charge in [0, 0.05) is 29.7 Å². The predicted octanol–water partition coefficient (Wildman–Crippen LogP) is 2.48. The van der Waals surface area contributed by atoms with Gasteiger partial charge in [0.1, 0.15) is 0 Å². The van der Waals surface area contributed by atoms with Crippen LogP contribution >= 0.6 is 15.9 Å². The smallest absolute Gasteiger partial charge is 0.254 e. The van der Waals surface area contributed by atoms with Gasteiger partial charge < -0.3 is 4.90 Å². The highest BCUT2D eigenvalue weighted by Gasteiger charge is 2.27. The molecule has 1 aromatic carbocycles. The molecule has 2 rings (SSSR count). The lowest BCUT2D eigenvalue weighted by Gasteiger charge is -2.34. The lowest BCUT2D eigenvalue weighted by atomic mass is 10.0. The Labute approximate surface area is 128 Å². The molecular formula is C14H18BrNO3S. The molecule has 1 saturated heterocycles. The Morgan fingerprint density at radius 2 is 2.15 bits per heavy atom. The molecule has 1 atom stereocenters. The number of amides is 1. The number of sulfone groups is 1. The first kappa shape index (κ1) is 15.5. The van der Waals surface area contributed by atoms with E-state index >= 15 is 0 Å². The molecular weight excluding hydrogens is 342 g/mol. The molecule has 1 aliphatic rings. The van der Waals surface area contributed by atoms with Crippen LogP contribution in [0.2, 0.25) is 0 Å². The van der Waals surface area contributed by atoms with Gasteiger partial charge in [0.05, 0.1) is 4.90 Å². The Bertz CT molecular complexity index is 600. The first-order valence-corrected chi connectivity index (χ1v) is 9.62. The van der Waals surface area contributed by atoms with Crippen molar-refractivity contribution in [2.75, 3.05) is 18.1 Å². The molecule has 0 aromatic heterocycles. The van der Waals surface area contributed by atoms with E-state index in [0.29, 0.717) is 5.56 Å². The lowest BCUT2D eigenvalue weighted by Crippen LogP contribution is -2.44. The molecule has 1 fully saturated rings. The minimum absolute atomic E-state index is 0.0837. The minimum Gasteiger partial charge on any atom is -0.335 e. The molecule has 6 heteroatoms. The van der Waals surface area contributed by atoms with Crippen molar-refractivity contribution in [3.05, 3.63) is 29.8 Å². The predicted molar refractivity (Wildman–Crippen MR) is 82.0 cm³/mol. The highest BCUT2D eigenvalue weighted by molar-refractivity contribution is 9.09. The van der Waals surface area contributed by atoms with Crippen LogP contribution in [0.1, 0.15) is 29.6 Å². The Kier molecular flexibility index (Phi) is 4.86. The summed E-state index contributed by atoms with van der Waals surface area (Å²) in [5.74, 6) is -0.0837. The summed E-state index contributed by atoms with van der Waals surface area (Å²) in [5.41, 5.74) is 0.445. The summed E-state index contributed by atoms with van der Waals surface area (Å²) in [6.07, 6.45) is 4.27. The quantitative estimate of drug-likeness (QED) is 0.779. The van der Waals surface area contributed by atoms with E-state index < -0.39 is 9.84 Å². The molecule has 1 amide bonds. The van der Waals surface area contributed by atoms with E-state index in [0.717, 1.165) is 37.4 Å². The van der Waals surface area contributed by atoms with Gasteiger partial charge in [-0.05, 0) is 37.5 Å². The number of carbonyl (C=O) groups is 1. The van der Waals surface area contributed by atoms with Gasteiger partial charge in [-0.3, -0.25) is 4.79 Å². The summed E-state index contributed by atoms with van der Waals surface area (Å²) >= 11 is 3.45. The standard InChI is InChI=1S/C14H18BrNO3S/c1-20(18,19)13-7-4-5-11(9-13)14(17)16-8-3-2-6-12(16)10-15/h4-5,7,9,12H,2-3,6,8,10H2,1H3. The molecule has 0 radical (unpaired) electrons. The van der Waals surface area contributed by atoms with Crippen LogP contribution in [0.15, 0.2) is 29.2 Å². The number of likely N-dealkylation sites (tertiary alicyclic amines) is 1. The van der Waals surface area contributed by atoms with Crippen molar-refractivity contribution >= 4 is 31.7 Å². The van der Waals surface area contributed by atoms with Crippen molar-refractivity contribution in [3.63, 3.8) is 0 Å². The molecule has 1 unspecified atom stereocenters. The zero-order valence-electron chi connectivity index (χ0n) is 11.4. The number of hydrogen-bond donors (Lipinski definition) is 0. The second-order valence-corrected chi connectivity index (χ2v) is 7.77. The number of nitrogens with zero attached hydrogens (tertiary/aromatic N) is 1. The number of halogens is 1. The molecule has 1 aromatic rings. The maximum absolute atomic E-state index is 12.6. The van der Waals surface area contributed by atoms with E-state index in [2.05, 4.69) is 15.9 Å². The molecule has 0 bridgehead atoms. The zero-order valence-corrected chi connectivity index (χ0v) is 13.8. The third-order valence-electron chi connectivity index (χ3n) is 3.58. The topological polar surface area (TPSA) is 54.5 Å². The molecule has 1 aliphatic heterocycles. The monoisotopic (exact) mass is 359 g/mol. The van der Waals surface area contributed by atoms with E-state index in [1.807, 2.05) is 4.90 Å². The van der Waals surface area contributed by atoms with Crippen molar-refractivity contribution in [3.8, 4) is 0 Å². The SMILES string of the molecule is CS(=O)(=O)c1cccc(C(=O)N2CCCCC2CBr)c1. The van der Waals surface area contributed by atoms with Crippen LogP contribution in [0.3, 0.4) is 0 Å². The van der Waals surface area contributed by atoms with Crippen LogP contribution in [-0.4, -0.2) is 43.4 Å². The van der Waals surface area contributed by atoms with Gasteiger partial charge >= 0.3 is 0 Å². The van der Waals surface area contributed by atoms with Crippen LogP contribution in [0.5, 0.6) is 0 Å². The molecule has 0 N–H and O–H groups in total. The normalized spacial score (nSPS) is 19.9. The first-order chi connectivity index (χ1) is 9.43. The van der Waals surface area contributed by atoms with Gasteiger partial charge in [0.25, 0.3) is 5.91 Å². The third kappa shape index (κ3) is 3.41. The summed E-state index contributed by atoms with van der Waals surface area (Å²) < 4.78 is 23.1. The van der Waals surface area contributed by atoms with Crippen molar-refractivity contribution < 1.29 is 13.2 Å². The number of benzene rings is 1. The third-order valence-corrected chi connectivity index (χ3v) is 5.43. The van der Waals surface area contributed by atoms with Crippen LogP contribution in [0.25, 0.3) is 0 Å². The second kappa shape index (κ2) is 6.26. The van der Waals surface area contributed by atoms with Gasteiger partial charge in [-0.25, -0.2) is 8.42 Å². The van der Waals surface area contributed by atoms with Crippen LogP contribution in [-0.2, 0) is 9.84 Å². The van der Waals surface area contributed by atoms with Gasteiger partial charge in [0.2, 0.25) is 0 Å². The Hall–Kier alpha value is -0.880. The molecule has 1 heterocycles. The van der Waals surface area contributed by atoms with Crippen molar-refractivity contribution in [1.82, 2.24) is 4.90 Å². The molecule has 4 nitrogen and oxygen atoms in total. The molecule has 110 valence electrons. The largest absolute Gasteiger partial charge is 0.335 e. The number of carbonyl (C=O) groups excluding carboxylic acids is 1. The molecule has 0 saturated carbocycles. The van der Waals surface area contributed by atoms with Gasteiger partial charge in [-0.1, -0.05) is 22.0 Å². The van der Waals surface area contributed by atoms with E-state index in [1.165, 1.54) is 12.1 Å². The summed E-state index contributed by atoms with van der Waals surface area (Å²) in [6, 6.07) is 6.48. The maximum Gasteiger partial charge on any atom is 0.254 e. The summed E-state index contributed by atoms with van der Waals surface area (Å²) in [4.78, 5) is 14.6. The second-order valence-electron chi connectivity index (χ2n) is 5.10. The summed E-state index contributed by atoms with van der Waals surface area (Å²) in [7, 11) is -3.29. The number of piperidine rings is 1. The first-order valence-electron chi connectivity index (χ1n) is 6.60. The van der Waals surface area contributed by atoms with Crippen LogP contribution in [0, 0.1) is 0 Å². The molecule has 0 aliphatic carbocycles. The highest BCUT2D eigenvalue weighted by Crippen LogP contribution is 2.22. The Balaban J connectivity index is 2.29. The van der Waals surface area contributed by atoms with Crippen molar-refractivity contribution in [1.29, 1.82) is 0 Å². The van der Waals surface area contributed by atoms with E-state index in [-0.39, 0.29) is 16.8 Å². The minimum atomic E-state index is -3.29. The molecule has 0 spiro atoms. The highest BCUT2D eigenvalue weighted by atomic mass is 79.9. The Morgan fingerprint density at radius 3 is 2.80 bits per heavy atom. The average molecular weight is 360 g/mol. The summed E-state index contributed by atoms with van der Waals surface area (Å²) in [5, 5.41) is 0.754. The van der Waals surface area contributed by atoms with E-state index in [1.54, 1.807) is 12.1 Å². The number of alkyl halides is 1. The number of hydrogen-bond acceptors (Lipinski definition) is 3. The fraction of sp³-hybridized carbons (Fsp3) is 0.500. The van der Waals surface area contributed by atoms with E-state index in [9.17, 15) is 13.2 Å². The zero-order chi connectivity index (χ0) is 14.8. The van der Waals surface area contributed by atoms with Crippen LogP contribution in [0.4, 0.5) is 0 Å². The van der Waals surface area contributed by atoms with Crippen LogP contribution < -0.4 is 0 Å². The maximum atomic E-state index is 12.6. The van der Waals surface area contributed by atoms with Crippen molar-refractivity contribution in [2.24, 2.45) is 0 Å². The van der Waals surface area contributed by atoms with Crippen molar-refractivity contribution in [2.45, 2.75) is 30.2 Å². The number of rotatable bonds is 3. The lowest BCUT2D eigenvalue weighted by molar-refractivity contribution is 0.0641. The van der Waals surface area contributed by atoms with Gasteiger partial charge in [-0.15, -0.1) is 0 Å². The molecule has 20 heavy (non-hydrogen) atoms. The average Bonchev–Trinajstić information content (AvgIpc) is 2.45. The Morgan fingerprint density at radius 1 is 1.40 bits per heavy atom. The fourth-order valence-corrected chi connectivity index (χ4v) is 3.79.